The van der Waals surface area contributed by atoms with Gasteiger partial charge in [0, 0.05) is 12.1 Å². The Balaban J connectivity index is 2.01. The Morgan fingerprint density at radius 2 is 1.15 bits per heavy atom. The summed E-state index contributed by atoms with van der Waals surface area (Å²) in [6.45, 7) is 0. The Kier molecular flexibility index (Phi) is 4.44. The van der Waals surface area contributed by atoms with Crippen LogP contribution in [0.15, 0.2) is 48.5 Å². The van der Waals surface area contributed by atoms with Crippen LogP contribution in [0.1, 0.15) is 0 Å². The normalized spacial score (nSPS) is 9.70. The first-order valence-corrected chi connectivity index (χ1v) is 5.89. The lowest BCUT2D eigenvalue weighted by molar-refractivity contribution is 0.151. The summed E-state index contributed by atoms with van der Waals surface area (Å²) in [4.78, 5) is 11.7. The second-order valence-electron chi connectivity index (χ2n) is 3.81. The van der Waals surface area contributed by atoms with Gasteiger partial charge in [0.25, 0.3) is 0 Å². The van der Waals surface area contributed by atoms with Crippen LogP contribution in [0.4, 0.5) is 4.79 Å². The van der Waals surface area contributed by atoms with Gasteiger partial charge in [0.05, 0.1) is 14.2 Å². The lowest BCUT2D eigenvalue weighted by Gasteiger charge is -2.07. The number of benzene rings is 2. The van der Waals surface area contributed by atoms with Crippen LogP contribution in [-0.2, 0) is 0 Å². The first-order chi connectivity index (χ1) is 9.71. The molecule has 0 aliphatic rings. The fraction of sp³-hybridized carbons (Fsp3) is 0.133. The average Bonchev–Trinajstić information content (AvgIpc) is 2.47. The van der Waals surface area contributed by atoms with E-state index in [1.54, 1.807) is 48.5 Å². The molecule has 0 aromatic heterocycles. The first kappa shape index (κ1) is 13.7. The summed E-state index contributed by atoms with van der Waals surface area (Å²) >= 11 is 0. The van der Waals surface area contributed by atoms with Crippen LogP contribution < -0.4 is 18.9 Å². The van der Waals surface area contributed by atoms with E-state index in [2.05, 4.69) is 0 Å². The van der Waals surface area contributed by atoms with Gasteiger partial charge in [0.2, 0.25) is 0 Å². The van der Waals surface area contributed by atoms with Gasteiger partial charge in [-0.1, -0.05) is 12.1 Å². The molecule has 0 amide bonds. The van der Waals surface area contributed by atoms with Gasteiger partial charge in [0.15, 0.2) is 0 Å². The molecule has 0 N–H and O–H groups in total. The molecular formula is C15H14O5. The van der Waals surface area contributed by atoms with Crippen LogP contribution in [0, 0.1) is 0 Å². The summed E-state index contributed by atoms with van der Waals surface area (Å²) in [6.07, 6.45) is -0.827. The van der Waals surface area contributed by atoms with Gasteiger partial charge >= 0.3 is 6.16 Å². The molecule has 0 heterocycles. The van der Waals surface area contributed by atoms with Crippen LogP contribution in [-0.4, -0.2) is 20.4 Å². The Morgan fingerprint density at radius 3 is 1.55 bits per heavy atom. The van der Waals surface area contributed by atoms with E-state index in [0.717, 1.165) is 0 Å². The zero-order valence-corrected chi connectivity index (χ0v) is 11.2. The second kappa shape index (κ2) is 6.47. The molecule has 0 saturated carbocycles. The van der Waals surface area contributed by atoms with Crippen molar-refractivity contribution in [1.82, 2.24) is 0 Å². The van der Waals surface area contributed by atoms with Gasteiger partial charge in [-0.15, -0.1) is 0 Å². The summed E-state index contributed by atoms with van der Waals surface area (Å²) < 4.78 is 20.2. The van der Waals surface area contributed by atoms with Gasteiger partial charge in [-0.05, 0) is 24.3 Å². The predicted molar refractivity (Wildman–Crippen MR) is 72.6 cm³/mol. The molecule has 104 valence electrons. The van der Waals surface area contributed by atoms with Crippen molar-refractivity contribution in [3.05, 3.63) is 48.5 Å². The standard InChI is InChI=1S/C15H14O5/c1-17-11-5-3-7-13(9-11)19-15(16)20-14-8-4-6-12(10-14)18-2/h3-10H,1-2H3. The van der Waals surface area contributed by atoms with Crippen LogP contribution in [0.25, 0.3) is 0 Å². The van der Waals surface area contributed by atoms with E-state index in [0.29, 0.717) is 23.0 Å². The Bertz CT molecular complexity index is 543. The van der Waals surface area contributed by atoms with Crippen molar-refractivity contribution in [1.29, 1.82) is 0 Å². The Morgan fingerprint density at radius 1 is 0.750 bits per heavy atom. The molecule has 0 aliphatic carbocycles. The van der Waals surface area contributed by atoms with Crippen LogP contribution in [0.2, 0.25) is 0 Å². The number of ether oxygens (including phenoxy) is 4. The highest BCUT2D eigenvalue weighted by Crippen LogP contribution is 2.21. The van der Waals surface area contributed by atoms with Crippen molar-refractivity contribution in [3.8, 4) is 23.0 Å². The van der Waals surface area contributed by atoms with Crippen molar-refractivity contribution < 1.29 is 23.7 Å². The number of rotatable bonds is 4. The fourth-order valence-electron chi connectivity index (χ4n) is 1.54. The molecule has 5 nitrogen and oxygen atoms in total. The third kappa shape index (κ3) is 3.65. The largest absolute Gasteiger partial charge is 0.519 e. The number of carbonyl (C=O) groups is 1. The Hall–Kier alpha value is -2.69. The topological polar surface area (TPSA) is 54.0 Å². The fourth-order valence-corrected chi connectivity index (χ4v) is 1.54. The first-order valence-electron chi connectivity index (χ1n) is 5.89. The van der Waals surface area contributed by atoms with Crippen LogP contribution in [0.3, 0.4) is 0 Å². The minimum Gasteiger partial charge on any atom is -0.497 e. The Labute approximate surface area is 116 Å². The third-order valence-corrected chi connectivity index (χ3v) is 2.48. The quantitative estimate of drug-likeness (QED) is 0.632. The van der Waals surface area contributed by atoms with E-state index in [1.807, 2.05) is 0 Å². The molecule has 0 bridgehead atoms. The van der Waals surface area contributed by atoms with E-state index in [1.165, 1.54) is 14.2 Å². The number of methoxy groups -OCH3 is 2. The molecule has 0 atom stereocenters. The lowest BCUT2D eigenvalue weighted by Crippen LogP contribution is -2.13. The summed E-state index contributed by atoms with van der Waals surface area (Å²) in [5, 5.41) is 0. The van der Waals surface area contributed by atoms with Crippen molar-refractivity contribution in [3.63, 3.8) is 0 Å². The van der Waals surface area contributed by atoms with Gasteiger partial charge < -0.3 is 18.9 Å². The molecule has 0 fully saturated rings. The molecule has 0 spiro atoms. The van der Waals surface area contributed by atoms with Crippen LogP contribution >= 0.6 is 0 Å². The smallest absolute Gasteiger partial charge is 0.497 e. The van der Waals surface area contributed by atoms with E-state index in [9.17, 15) is 4.79 Å². The van der Waals surface area contributed by atoms with Gasteiger partial charge in [-0.3, -0.25) is 0 Å². The molecule has 2 aromatic rings. The minimum atomic E-state index is -0.827. The van der Waals surface area contributed by atoms with Gasteiger partial charge in [-0.2, -0.15) is 0 Å². The van der Waals surface area contributed by atoms with E-state index < -0.39 is 6.16 Å². The summed E-state index contributed by atoms with van der Waals surface area (Å²) in [6, 6.07) is 13.4. The van der Waals surface area contributed by atoms with E-state index in [-0.39, 0.29) is 0 Å². The van der Waals surface area contributed by atoms with E-state index >= 15 is 0 Å². The maximum atomic E-state index is 11.7. The molecule has 2 rings (SSSR count). The zero-order chi connectivity index (χ0) is 14.4. The third-order valence-electron chi connectivity index (χ3n) is 2.48. The van der Waals surface area contributed by atoms with Crippen molar-refractivity contribution in [2.45, 2.75) is 0 Å². The maximum absolute atomic E-state index is 11.7. The molecule has 5 heteroatoms. The second-order valence-corrected chi connectivity index (χ2v) is 3.81. The van der Waals surface area contributed by atoms with Crippen molar-refractivity contribution >= 4 is 6.16 Å². The number of hydrogen-bond acceptors (Lipinski definition) is 5. The lowest BCUT2D eigenvalue weighted by atomic mass is 10.3. The highest BCUT2D eigenvalue weighted by Gasteiger charge is 2.09. The molecule has 20 heavy (non-hydrogen) atoms. The summed E-state index contributed by atoms with van der Waals surface area (Å²) in [7, 11) is 3.07. The molecule has 0 aliphatic heterocycles. The van der Waals surface area contributed by atoms with Gasteiger partial charge in [0.1, 0.15) is 23.0 Å². The minimum absolute atomic E-state index is 0.345. The maximum Gasteiger partial charge on any atom is 0.519 e. The van der Waals surface area contributed by atoms with Crippen molar-refractivity contribution in [2.24, 2.45) is 0 Å². The molecule has 2 aromatic carbocycles. The predicted octanol–water partition coefficient (Wildman–Crippen LogP) is 3.28. The molecular weight excluding hydrogens is 260 g/mol. The number of hydrogen-bond donors (Lipinski definition) is 0. The van der Waals surface area contributed by atoms with Crippen molar-refractivity contribution in [2.75, 3.05) is 14.2 Å². The molecule has 0 radical (unpaired) electrons. The summed E-state index contributed by atoms with van der Waals surface area (Å²) in [5.41, 5.74) is 0. The zero-order valence-electron chi connectivity index (χ0n) is 11.2. The van der Waals surface area contributed by atoms with E-state index in [4.69, 9.17) is 18.9 Å². The SMILES string of the molecule is COc1cccc(OC(=O)Oc2cccc(OC)c2)c1. The number of carbonyl (C=O) groups excluding carboxylic acids is 1. The van der Waals surface area contributed by atoms with Gasteiger partial charge in [-0.25, -0.2) is 4.79 Å². The monoisotopic (exact) mass is 274 g/mol. The highest BCUT2D eigenvalue weighted by molar-refractivity contribution is 5.67. The highest BCUT2D eigenvalue weighted by atomic mass is 16.7. The molecule has 0 unspecified atom stereocenters. The average molecular weight is 274 g/mol. The molecule has 0 saturated heterocycles. The van der Waals surface area contributed by atoms with Crippen LogP contribution in [0.5, 0.6) is 23.0 Å². The summed E-state index contributed by atoms with van der Waals surface area (Å²) in [5.74, 6) is 1.88.